The van der Waals surface area contributed by atoms with Gasteiger partial charge in [-0.3, -0.25) is 4.79 Å². The maximum absolute atomic E-state index is 12.5. The Balaban J connectivity index is 2.20. The van der Waals surface area contributed by atoms with Crippen LogP contribution in [0.3, 0.4) is 0 Å². The number of nitrogens with one attached hydrogen (secondary N) is 1. The van der Waals surface area contributed by atoms with Gasteiger partial charge in [-0.1, -0.05) is 24.3 Å². The monoisotopic (exact) mass is 313 g/mol. The summed E-state index contributed by atoms with van der Waals surface area (Å²) >= 11 is 0. The molecule has 4 nitrogen and oxygen atoms in total. The molecule has 0 heterocycles. The quantitative estimate of drug-likeness (QED) is 0.858. The number of carbonyl (C=O) groups excluding carboxylic acids is 1. The average Bonchev–Trinajstić information content (AvgIpc) is 2.54. The predicted octanol–water partition coefficient (Wildman–Crippen LogP) is 4.43. The van der Waals surface area contributed by atoms with E-state index in [1.807, 2.05) is 57.2 Å². The zero-order chi connectivity index (χ0) is 16.8. The number of benzene rings is 2. The number of carbonyl (C=O) groups is 1. The molecule has 122 valence electrons. The van der Waals surface area contributed by atoms with Gasteiger partial charge in [0, 0.05) is 12.8 Å². The molecule has 2 aromatic carbocycles. The maximum atomic E-state index is 12.5. The van der Waals surface area contributed by atoms with Crippen molar-refractivity contribution in [1.29, 1.82) is 0 Å². The molecule has 0 radical (unpaired) electrons. The normalized spacial score (nSPS) is 12.0. The summed E-state index contributed by atoms with van der Waals surface area (Å²) in [5.74, 6) is 0.393. The molecule has 0 aliphatic heterocycles. The van der Waals surface area contributed by atoms with E-state index in [2.05, 4.69) is 5.32 Å². The van der Waals surface area contributed by atoms with E-state index in [0.29, 0.717) is 11.3 Å². The molecule has 0 saturated carbocycles. The average molecular weight is 313 g/mol. The largest absolute Gasteiger partial charge is 0.490 e. The molecule has 0 bridgehead atoms. The topological polar surface area (TPSA) is 47.6 Å². The van der Waals surface area contributed by atoms with Gasteiger partial charge in [0.1, 0.15) is 5.75 Å². The highest BCUT2D eigenvalue weighted by Crippen LogP contribution is 2.23. The van der Waals surface area contributed by atoms with Crippen molar-refractivity contribution in [2.45, 2.75) is 33.0 Å². The second kappa shape index (κ2) is 7.79. The standard InChI is InChI=1S/C19H23NO3/c1-13(2)23-18-11-6-5-10-17(18)19(21)20-16-9-7-8-15(12-16)14(3)22-4/h5-14H,1-4H3,(H,20,21). The third kappa shape index (κ3) is 4.57. The van der Waals surface area contributed by atoms with Crippen LogP contribution in [0.1, 0.15) is 42.8 Å². The molecule has 2 rings (SSSR count). The Morgan fingerprint density at radius 3 is 2.48 bits per heavy atom. The van der Waals surface area contributed by atoms with Gasteiger partial charge in [0.25, 0.3) is 5.91 Å². The van der Waals surface area contributed by atoms with Crippen LogP contribution >= 0.6 is 0 Å². The summed E-state index contributed by atoms with van der Waals surface area (Å²) in [5.41, 5.74) is 2.26. The van der Waals surface area contributed by atoms with E-state index < -0.39 is 0 Å². The molecule has 1 atom stereocenters. The van der Waals surface area contributed by atoms with Crippen molar-refractivity contribution in [2.75, 3.05) is 12.4 Å². The summed E-state index contributed by atoms with van der Waals surface area (Å²) in [7, 11) is 1.66. The fourth-order valence-electron chi connectivity index (χ4n) is 2.21. The lowest BCUT2D eigenvalue weighted by Gasteiger charge is -2.15. The maximum Gasteiger partial charge on any atom is 0.259 e. The summed E-state index contributed by atoms with van der Waals surface area (Å²) in [5, 5.41) is 2.92. The lowest BCUT2D eigenvalue weighted by atomic mass is 10.1. The van der Waals surface area contributed by atoms with Crippen LogP contribution in [-0.2, 0) is 4.74 Å². The zero-order valence-corrected chi connectivity index (χ0v) is 14.0. The first-order chi connectivity index (χ1) is 11.0. The Kier molecular flexibility index (Phi) is 5.77. The Hall–Kier alpha value is -2.33. The SMILES string of the molecule is COC(C)c1cccc(NC(=O)c2ccccc2OC(C)C)c1. The number of hydrogen-bond donors (Lipinski definition) is 1. The van der Waals surface area contributed by atoms with E-state index >= 15 is 0 Å². The zero-order valence-electron chi connectivity index (χ0n) is 14.0. The number of hydrogen-bond acceptors (Lipinski definition) is 3. The fourth-order valence-corrected chi connectivity index (χ4v) is 2.21. The first kappa shape index (κ1) is 17.0. The molecule has 0 saturated heterocycles. The molecule has 4 heteroatoms. The number of methoxy groups -OCH3 is 1. The van der Waals surface area contributed by atoms with Crippen LogP contribution in [0, 0.1) is 0 Å². The van der Waals surface area contributed by atoms with Gasteiger partial charge in [0.15, 0.2) is 0 Å². The Morgan fingerprint density at radius 1 is 1.04 bits per heavy atom. The molecule has 1 N–H and O–H groups in total. The van der Waals surface area contributed by atoms with Crippen molar-refractivity contribution in [3.63, 3.8) is 0 Å². The molecule has 1 amide bonds. The van der Waals surface area contributed by atoms with E-state index in [4.69, 9.17) is 9.47 Å². The number of amides is 1. The van der Waals surface area contributed by atoms with Gasteiger partial charge >= 0.3 is 0 Å². The van der Waals surface area contributed by atoms with Crippen LogP contribution in [0.5, 0.6) is 5.75 Å². The third-order valence-corrected chi connectivity index (χ3v) is 3.46. The van der Waals surface area contributed by atoms with Crippen molar-refractivity contribution >= 4 is 11.6 Å². The first-order valence-corrected chi connectivity index (χ1v) is 7.71. The van der Waals surface area contributed by atoms with Gasteiger partial charge in [0.2, 0.25) is 0 Å². The van der Waals surface area contributed by atoms with Crippen LogP contribution in [-0.4, -0.2) is 19.1 Å². The van der Waals surface area contributed by atoms with Crippen molar-refractivity contribution in [3.05, 3.63) is 59.7 Å². The molecule has 0 aromatic heterocycles. The van der Waals surface area contributed by atoms with E-state index in [0.717, 1.165) is 11.3 Å². The second-order valence-corrected chi connectivity index (χ2v) is 5.62. The lowest BCUT2D eigenvalue weighted by Crippen LogP contribution is -2.15. The molecular formula is C19H23NO3. The molecule has 1 unspecified atom stereocenters. The molecule has 23 heavy (non-hydrogen) atoms. The fraction of sp³-hybridized carbons (Fsp3) is 0.316. The minimum Gasteiger partial charge on any atom is -0.490 e. The minimum absolute atomic E-state index is 0.00910. The lowest BCUT2D eigenvalue weighted by molar-refractivity contribution is 0.102. The second-order valence-electron chi connectivity index (χ2n) is 5.62. The van der Waals surface area contributed by atoms with Gasteiger partial charge < -0.3 is 14.8 Å². The molecule has 0 aliphatic carbocycles. The van der Waals surface area contributed by atoms with Crippen molar-refractivity contribution < 1.29 is 14.3 Å². The Labute approximate surface area is 137 Å². The minimum atomic E-state index is -0.191. The third-order valence-electron chi connectivity index (χ3n) is 3.46. The number of ether oxygens (including phenoxy) is 2. The van der Waals surface area contributed by atoms with Crippen molar-refractivity contribution in [2.24, 2.45) is 0 Å². The molecule has 2 aromatic rings. The summed E-state index contributed by atoms with van der Waals surface area (Å²) in [6, 6.07) is 14.9. The smallest absolute Gasteiger partial charge is 0.259 e. The van der Waals surface area contributed by atoms with Gasteiger partial charge in [-0.2, -0.15) is 0 Å². The highest BCUT2D eigenvalue weighted by molar-refractivity contribution is 6.06. The Bertz CT molecular complexity index is 667. The van der Waals surface area contributed by atoms with E-state index in [1.54, 1.807) is 19.2 Å². The first-order valence-electron chi connectivity index (χ1n) is 7.71. The van der Waals surface area contributed by atoms with Crippen LogP contribution < -0.4 is 10.1 Å². The molecular weight excluding hydrogens is 290 g/mol. The molecule has 0 aliphatic rings. The number of para-hydroxylation sites is 1. The van der Waals surface area contributed by atoms with Crippen LogP contribution in [0.2, 0.25) is 0 Å². The van der Waals surface area contributed by atoms with Gasteiger partial charge in [-0.15, -0.1) is 0 Å². The number of anilines is 1. The summed E-state index contributed by atoms with van der Waals surface area (Å²) < 4.78 is 11.0. The summed E-state index contributed by atoms with van der Waals surface area (Å²) in [4.78, 5) is 12.5. The van der Waals surface area contributed by atoms with Gasteiger partial charge in [-0.05, 0) is 50.6 Å². The van der Waals surface area contributed by atoms with E-state index in [-0.39, 0.29) is 18.1 Å². The Morgan fingerprint density at radius 2 is 1.78 bits per heavy atom. The van der Waals surface area contributed by atoms with Gasteiger partial charge in [-0.25, -0.2) is 0 Å². The van der Waals surface area contributed by atoms with Crippen molar-refractivity contribution in [1.82, 2.24) is 0 Å². The van der Waals surface area contributed by atoms with E-state index in [9.17, 15) is 4.79 Å². The number of rotatable bonds is 6. The highest BCUT2D eigenvalue weighted by Gasteiger charge is 2.14. The predicted molar refractivity (Wildman–Crippen MR) is 92.0 cm³/mol. The van der Waals surface area contributed by atoms with E-state index in [1.165, 1.54) is 0 Å². The highest BCUT2D eigenvalue weighted by atomic mass is 16.5. The van der Waals surface area contributed by atoms with Gasteiger partial charge in [0.05, 0.1) is 17.8 Å². The summed E-state index contributed by atoms with van der Waals surface area (Å²) in [6.07, 6.45) is -0.0155. The van der Waals surface area contributed by atoms with Crippen molar-refractivity contribution in [3.8, 4) is 5.75 Å². The molecule has 0 spiro atoms. The molecule has 0 fully saturated rings. The van der Waals surface area contributed by atoms with Crippen LogP contribution in [0.4, 0.5) is 5.69 Å². The van der Waals surface area contributed by atoms with Crippen LogP contribution in [0.15, 0.2) is 48.5 Å². The summed E-state index contributed by atoms with van der Waals surface area (Å²) in [6.45, 7) is 5.83. The van der Waals surface area contributed by atoms with Crippen LogP contribution in [0.25, 0.3) is 0 Å².